The van der Waals surface area contributed by atoms with Crippen LogP contribution < -0.4 is 5.32 Å². The first-order chi connectivity index (χ1) is 11.7. The predicted molar refractivity (Wildman–Crippen MR) is 92.9 cm³/mol. The second-order valence-electron chi connectivity index (χ2n) is 5.59. The molecule has 0 aliphatic carbocycles. The number of H-pyrrole nitrogens is 1. The second kappa shape index (κ2) is 7.41. The number of nitrogens with one attached hydrogen (secondary N) is 2. The van der Waals surface area contributed by atoms with Gasteiger partial charge in [0.15, 0.2) is 0 Å². The number of nitro benzene ring substituents is 1. The van der Waals surface area contributed by atoms with Gasteiger partial charge in [0.2, 0.25) is 0 Å². The fraction of sp³-hybridized carbons (Fsp3) is 0.167. The molecule has 1 atom stereocenters. The number of rotatable bonds is 7. The molecule has 0 bridgehead atoms. The van der Waals surface area contributed by atoms with E-state index in [0.717, 1.165) is 12.1 Å². The molecule has 3 aromatic rings. The van der Waals surface area contributed by atoms with Crippen molar-refractivity contribution in [1.82, 2.24) is 9.97 Å². The number of para-hydroxylation sites is 2. The van der Waals surface area contributed by atoms with Crippen molar-refractivity contribution < 1.29 is 4.92 Å². The summed E-state index contributed by atoms with van der Waals surface area (Å²) in [6, 6.07) is 16.8. The highest BCUT2D eigenvalue weighted by Gasteiger charge is 2.17. The lowest BCUT2D eigenvalue weighted by Crippen LogP contribution is -2.25. The smallest absolute Gasteiger partial charge is 0.292 e. The van der Waals surface area contributed by atoms with Crippen LogP contribution in [0.1, 0.15) is 11.3 Å². The minimum Gasteiger partial charge on any atom is -0.376 e. The van der Waals surface area contributed by atoms with E-state index in [1.54, 1.807) is 30.7 Å². The summed E-state index contributed by atoms with van der Waals surface area (Å²) in [5.41, 5.74) is 2.78. The quantitative estimate of drug-likeness (QED) is 0.514. The van der Waals surface area contributed by atoms with Crippen LogP contribution in [0.2, 0.25) is 0 Å². The third-order valence-corrected chi connectivity index (χ3v) is 3.81. The number of aromatic amines is 1. The molecule has 122 valence electrons. The largest absolute Gasteiger partial charge is 0.376 e. The molecule has 24 heavy (non-hydrogen) atoms. The monoisotopic (exact) mass is 322 g/mol. The maximum atomic E-state index is 11.2. The van der Waals surface area contributed by atoms with Crippen molar-refractivity contribution in [1.29, 1.82) is 0 Å². The number of benzene rings is 2. The molecule has 0 spiro atoms. The number of aromatic nitrogens is 2. The van der Waals surface area contributed by atoms with E-state index in [-0.39, 0.29) is 16.7 Å². The Balaban J connectivity index is 1.83. The van der Waals surface area contributed by atoms with E-state index >= 15 is 0 Å². The molecule has 0 saturated heterocycles. The van der Waals surface area contributed by atoms with Gasteiger partial charge in [-0.25, -0.2) is 4.98 Å². The van der Waals surface area contributed by atoms with Crippen LogP contribution >= 0.6 is 0 Å². The zero-order valence-electron chi connectivity index (χ0n) is 13.1. The lowest BCUT2D eigenvalue weighted by molar-refractivity contribution is -0.384. The second-order valence-corrected chi connectivity index (χ2v) is 5.59. The first kappa shape index (κ1) is 15.7. The Morgan fingerprint density at radius 2 is 1.83 bits per heavy atom. The van der Waals surface area contributed by atoms with Crippen LogP contribution in [0.25, 0.3) is 0 Å². The van der Waals surface area contributed by atoms with Crippen molar-refractivity contribution in [2.24, 2.45) is 0 Å². The Morgan fingerprint density at radius 1 is 1.08 bits per heavy atom. The maximum Gasteiger partial charge on any atom is 0.292 e. The van der Waals surface area contributed by atoms with E-state index in [0.29, 0.717) is 12.1 Å². The Labute approximate surface area is 139 Å². The summed E-state index contributed by atoms with van der Waals surface area (Å²) in [7, 11) is 0. The highest BCUT2D eigenvalue weighted by molar-refractivity contribution is 5.61. The summed E-state index contributed by atoms with van der Waals surface area (Å²) in [4.78, 5) is 18.0. The number of hydrogen-bond donors (Lipinski definition) is 2. The summed E-state index contributed by atoms with van der Waals surface area (Å²) in [5.74, 6) is 0. The number of nitrogens with zero attached hydrogens (tertiary/aromatic N) is 2. The van der Waals surface area contributed by atoms with E-state index in [1.165, 1.54) is 11.6 Å². The van der Waals surface area contributed by atoms with Crippen molar-refractivity contribution in [3.05, 3.63) is 88.5 Å². The summed E-state index contributed by atoms with van der Waals surface area (Å²) in [5, 5.41) is 14.6. The van der Waals surface area contributed by atoms with Crippen LogP contribution in [-0.4, -0.2) is 20.9 Å². The lowest BCUT2D eigenvalue weighted by atomic mass is 10.0. The molecule has 6 heteroatoms. The molecule has 1 aromatic heterocycles. The minimum atomic E-state index is -0.363. The molecular weight excluding hydrogens is 304 g/mol. The Morgan fingerprint density at radius 3 is 2.54 bits per heavy atom. The first-order valence-electron chi connectivity index (χ1n) is 7.73. The van der Waals surface area contributed by atoms with Gasteiger partial charge < -0.3 is 10.3 Å². The Kier molecular flexibility index (Phi) is 4.86. The minimum absolute atomic E-state index is 0.00829. The number of nitro groups is 1. The molecule has 0 saturated carbocycles. The van der Waals surface area contributed by atoms with Gasteiger partial charge in [0.05, 0.1) is 11.3 Å². The molecule has 0 aliphatic rings. The van der Waals surface area contributed by atoms with Crippen molar-refractivity contribution in [3.63, 3.8) is 0 Å². The molecule has 2 N–H and O–H groups in total. The van der Waals surface area contributed by atoms with Crippen molar-refractivity contribution in [2.75, 3.05) is 5.32 Å². The number of imidazole rings is 1. The van der Waals surface area contributed by atoms with E-state index in [2.05, 4.69) is 27.4 Å². The van der Waals surface area contributed by atoms with E-state index < -0.39 is 0 Å². The molecule has 0 amide bonds. The maximum absolute atomic E-state index is 11.2. The number of anilines is 1. The normalized spacial score (nSPS) is 11.8. The fourth-order valence-electron chi connectivity index (χ4n) is 2.71. The van der Waals surface area contributed by atoms with E-state index in [4.69, 9.17) is 0 Å². The van der Waals surface area contributed by atoms with Crippen LogP contribution in [0.4, 0.5) is 11.4 Å². The first-order valence-corrected chi connectivity index (χ1v) is 7.73. The SMILES string of the molecule is O=[N+]([O-])c1ccccc1NC(Cc1ccccc1)Cc1cnc[nH]1. The van der Waals surface area contributed by atoms with Gasteiger partial charge in [0.25, 0.3) is 5.69 Å². The average Bonchev–Trinajstić information content (AvgIpc) is 3.09. The van der Waals surface area contributed by atoms with Crippen LogP contribution in [0, 0.1) is 10.1 Å². The van der Waals surface area contributed by atoms with Crippen LogP contribution in [0.5, 0.6) is 0 Å². The predicted octanol–water partition coefficient (Wildman–Crippen LogP) is 3.58. The molecule has 1 unspecified atom stereocenters. The Hall–Kier alpha value is -3.15. The molecule has 1 heterocycles. The van der Waals surface area contributed by atoms with Gasteiger partial charge in [-0.1, -0.05) is 42.5 Å². The molecule has 2 aromatic carbocycles. The summed E-state index contributed by atoms with van der Waals surface area (Å²) >= 11 is 0. The van der Waals surface area contributed by atoms with Gasteiger partial charge in [-0.15, -0.1) is 0 Å². The molecule has 6 nitrogen and oxygen atoms in total. The van der Waals surface area contributed by atoms with Crippen molar-refractivity contribution in [3.8, 4) is 0 Å². The van der Waals surface area contributed by atoms with Gasteiger partial charge in [-0.2, -0.15) is 0 Å². The third-order valence-electron chi connectivity index (χ3n) is 3.81. The van der Waals surface area contributed by atoms with Crippen molar-refractivity contribution >= 4 is 11.4 Å². The highest BCUT2D eigenvalue weighted by Crippen LogP contribution is 2.25. The Bertz CT molecular complexity index is 788. The summed E-state index contributed by atoms with van der Waals surface area (Å²) in [6.07, 6.45) is 4.87. The van der Waals surface area contributed by atoms with Gasteiger partial charge in [0, 0.05) is 30.4 Å². The molecular formula is C18H18N4O2. The molecule has 3 rings (SSSR count). The van der Waals surface area contributed by atoms with Gasteiger partial charge >= 0.3 is 0 Å². The number of hydrogen-bond acceptors (Lipinski definition) is 4. The molecule has 0 fully saturated rings. The van der Waals surface area contributed by atoms with Gasteiger partial charge in [0.1, 0.15) is 5.69 Å². The third kappa shape index (κ3) is 3.98. The summed E-state index contributed by atoms with van der Waals surface area (Å²) in [6.45, 7) is 0. The van der Waals surface area contributed by atoms with E-state index in [9.17, 15) is 10.1 Å². The van der Waals surface area contributed by atoms with Gasteiger partial charge in [-0.3, -0.25) is 10.1 Å². The topological polar surface area (TPSA) is 83.8 Å². The van der Waals surface area contributed by atoms with Crippen LogP contribution in [-0.2, 0) is 12.8 Å². The van der Waals surface area contributed by atoms with Crippen LogP contribution in [0.15, 0.2) is 67.1 Å². The molecule has 0 radical (unpaired) electrons. The van der Waals surface area contributed by atoms with Crippen LogP contribution in [0.3, 0.4) is 0 Å². The summed E-state index contributed by atoms with van der Waals surface area (Å²) < 4.78 is 0. The fourth-order valence-corrected chi connectivity index (χ4v) is 2.71. The van der Waals surface area contributed by atoms with E-state index in [1.807, 2.05) is 18.2 Å². The highest BCUT2D eigenvalue weighted by atomic mass is 16.6. The lowest BCUT2D eigenvalue weighted by Gasteiger charge is -2.19. The zero-order valence-corrected chi connectivity index (χ0v) is 13.1. The van der Waals surface area contributed by atoms with Gasteiger partial charge in [-0.05, 0) is 18.1 Å². The van der Waals surface area contributed by atoms with Crippen molar-refractivity contribution in [2.45, 2.75) is 18.9 Å². The standard InChI is InChI=1S/C18H18N4O2/c23-22(24)18-9-5-4-8-17(18)21-15(11-16-12-19-13-20-16)10-14-6-2-1-3-7-14/h1-9,12-13,15,21H,10-11H2,(H,19,20). The zero-order chi connectivity index (χ0) is 16.8. The average molecular weight is 322 g/mol. The molecule has 0 aliphatic heterocycles.